The number of fused-ring (bicyclic) bond motifs is 7. The molecule has 45 heavy (non-hydrogen) atoms. The van der Waals surface area contributed by atoms with Crippen molar-refractivity contribution in [3.63, 3.8) is 0 Å². The Hall–Kier alpha value is -6.00. The summed E-state index contributed by atoms with van der Waals surface area (Å²) in [6.45, 7) is 0. The molecule has 1 unspecified atom stereocenters. The highest BCUT2D eigenvalue weighted by Crippen LogP contribution is 2.50. The molecule has 0 bridgehead atoms. The van der Waals surface area contributed by atoms with E-state index in [4.69, 9.17) is 9.15 Å². The minimum Gasteiger partial charge on any atom is -0.464 e. The van der Waals surface area contributed by atoms with E-state index < -0.39 is 0 Å². The lowest BCUT2D eigenvalue weighted by atomic mass is 10.0. The molecular weight excluding hydrogens is 552 g/mol. The fraction of sp³-hybridized carbons (Fsp3) is 0.0244. The third-order valence-electron chi connectivity index (χ3n) is 8.67. The zero-order valence-corrected chi connectivity index (χ0v) is 24.4. The number of nitrogens with one attached hydrogen (secondary N) is 1. The Morgan fingerprint density at radius 3 is 2.00 bits per heavy atom. The van der Waals surface area contributed by atoms with Gasteiger partial charge in [-0.25, -0.2) is 0 Å². The van der Waals surface area contributed by atoms with Crippen LogP contribution in [0.3, 0.4) is 0 Å². The topological polar surface area (TPSA) is 37.6 Å². The maximum atomic E-state index is 6.63. The zero-order chi connectivity index (χ0) is 29.7. The van der Waals surface area contributed by atoms with E-state index in [0.717, 1.165) is 72.3 Å². The standard InChI is InChI=1S/C41H28N2O2/c1-4-13-27(14-5-1)29-17-12-20-31(25-29)43(30-18-8-3-9-19-30)36-26-34-38-37(44-39(34)33-22-11-10-21-32(33)36)24-23-35-40(38)45-41(42-35)28-15-6-2-7-16-28/h1-26,41-42H. The van der Waals surface area contributed by atoms with Gasteiger partial charge in [0.15, 0.2) is 12.0 Å². The van der Waals surface area contributed by atoms with E-state index in [1.807, 2.05) is 24.3 Å². The van der Waals surface area contributed by atoms with Crippen molar-refractivity contribution in [3.05, 3.63) is 163 Å². The number of anilines is 4. The van der Waals surface area contributed by atoms with Crippen LogP contribution in [0.25, 0.3) is 43.8 Å². The van der Waals surface area contributed by atoms with Crippen LogP contribution in [0.1, 0.15) is 11.8 Å². The molecule has 0 amide bonds. The summed E-state index contributed by atoms with van der Waals surface area (Å²) in [5.41, 5.74) is 9.27. The minimum atomic E-state index is -0.266. The van der Waals surface area contributed by atoms with Crippen LogP contribution >= 0.6 is 0 Å². The summed E-state index contributed by atoms with van der Waals surface area (Å²) in [4.78, 5) is 2.35. The predicted octanol–water partition coefficient (Wildman–Crippen LogP) is 11.4. The van der Waals surface area contributed by atoms with Crippen molar-refractivity contribution >= 4 is 55.5 Å². The van der Waals surface area contributed by atoms with Crippen molar-refractivity contribution in [1.82, 2.24) is 0 Å². The highest BCUT2D eigenvalue weighted by Gasteiger charge is 2.29. The molecule has 9 rings (SSSR count). The fourth-order valence-electron chi connectivity index (χ4n) is 6.59. The van der Waals surface area contributed by atoms with Crippen LogP contribution < -0.4 is 15.0 Å². The van der Waals surface area contributed by atoms with Crippen LogP contribution in [0.4, 0.5) is 22.7 Å². The first-order chi connectivity index (χ1) is 22.3. The minimum absolute atomic E-state index is 0.266. The van der Waals surface area contributed by atoms with Crippen LogP contribution in [0, 0.1) is 0 Å². The molecule has 214 valence electrons. The number of benzene rings is 7. The Morgan fingerprint density at radius 2 is 1.20 bits per heavy atom. The SMILES string of the molecule is c1ccc(-c2cccc(N(c3ccccc3)c3cc4c(oc5ccc6c(c54)OC(c4ccccc4)N6)c4ccccc34)c2)cc1. The maximum absolute atomic E-state index is 6.63. The van der Waals surface area contributed by atoms with E-state index in [1.165, 1.54) is 5.56 Å². The molecule has 1 aliphatic rings. The van der Waals surface area contributed by atoms with Gasteiger partial charge in [0.1, 0.15) is 11.2 Å². The summed E-state index contributed by atoms with van der Waals surface area (Å²) in [6.07, 6.45) is -0.266. The van der Waals surface area contributed by atoms with Gasteiger partial charge in [0.05, 0.1) is 16.8 Å². The van der Waals surface area contributed by atoms with Gasteiger partial charge in [0.25, 0.3) is 0 Å². The average molecular weight is 581 g/mol. The third-order valence-corrected chi connectivity index (χ3v) is 8.67. The normalized spacial score (nSPS) is 13.9. The number of hydrogen-bond donors (Lipinski definition) is 1. The number of para-hydroxylation sites is 1. The summed E-state index contributed by atoms with van der Waals surface area (Å²) in [7, 11) is 0. The van der Waals surface area contributed by atoms with E-state index in [1.54, 1.807) is 0 Å². The Morgan fingerprint density at radius 1 is 0.533 bits per heavy atom. The lowest BCUT2D eigenvalue weighted by Gasteiger charge is -2.27. The van der Waals surface area contributed by atoms with Gasteiger partial charge in [-0.2, -0.15) is 0 Å². The molecule has 0 radical (unpaired) electrons. The number of furan rings is 1. The molecule has 1 aliphatic heterocycles. The van der Waals surface area contributed by atoms with Crippen molar-refractivity contribution in [2.45, 2.75) is 6.23 Å². The second kappa shape index (κ2) is 10.3. The van der Waals surface area contributed by atoms with E-state index in [2.05, 4.69) is 144 Å². The highest BCUT2D eigenvalue weighted by atomic mass is 16.5. The van der Waals surface area contributed by atoms with Crippen molar-refractivity contribution in [2.75, 3.05) is 10.2 Å². The summed E-state index contributed by atoms with van der Waals surface area (Å²) in [5.74, 6) is 0.818. The average Bonchev–Trinajstić information content (AvgIpc) is 3.72. The van der Waals surface area contributed by atoms with Crippen LogP contribution in [0.5, 0.6) is 5.75 Å². The number of rotatable bonds is 5. The van der Waals surface area contributed by atoms with Crippen LogP contribution in [0.15, 0.2) is 162 Å². The van der Waals surface area contributed by atoms with Crippen LogP contribution in [0.2, 0.25) is 0 Å². The molecule has 0 fully saturated rings. The molecule has 2 heterocycles. The van der Waals surface area contributed by atoms with Crippen molar-refractivity contribution in [3.8, 4) is 16.9 Å². The molecule has 0 saturated carbocycles. The molecule has 4 heteroatoms. The number of hydrogen-bond acceptors (Lipinski definition) is 4. The molecular formula is C41H28N2O2. The van der Waals surface area contributed by atoms with Gasteiger partial charge in [0.2, 0.25) is 0 Å². The van der Waals surface area contributed by atoms with E-state index in [-0.39, 0.29) is 6.23 Å². The molecule has 4 nitrogen and oxygen atoms in total. The first kappa shape index (κ1) is 25.5. The lowest BCUT2D eigenvalue weighted by Crippen LogP contribution is -2.10. The van der Waals surface area contributed by atoms with E-state index in [0.29, 0.717) is 0 Å². The van der Waals surface area contributed by atoms with Gasteiger partial charge in [-0.1, -0.05) is 115 Å². The smallest absolute Gasteiger partial charge is 0.196 e. The Kier molecular flexibility index (Phi) is 5.85. The molecule has 0 aliphatic carbocycles. The zero-order valence-electron chi connectivity index (χ0n) is 24.4. The summed E-state index contributed by atoms with van der Waals surface area (Å²) in [6, 6.07) is 55.0. The molecule has 7 aromatic carbocycles. The summed E-state index contributed by atoms with van der Waals surface area (Å²) in [5, 5.41) is 7.73. The largest absolute Gasteiger partial charge is 0.464 e. The fourth-order valence-corrected chi connectivity index (χ4v) is 6.59. The maximum Gasteiger partial charge on any atom is 0.196 e. The van der Waals surface area contributed by atoms with Gasteiger partial charge in [-0.3, -0.25) is 0 Å². The first-order valence-corrected chi connectivity index (χ1v) is 15.2. The van der Waals surface area contributed by atoms with Gasteiger partial charge < -0.3 is 19.4 Å². The Labute approximate surface area is 260 Å². The molecule has 0 saturated heterocycles. The second-order valence-corrected chi connectivity index (χ2v) is 11.4. The van der Waals surface area contributed by atoms with E-state index >= 15 is 0 Å². The van der Waals surface area contributed by atoms with Crippen LogP contribution in [-0.2, 0) is 0 Å². The van der Waals surface area contributed by atoms with Crippen molar-refractivity contribution in [2.24, 2.45) is 0 Å². The first-order valence-electron chi connectivity index (χ1n) is 15.2. The quantitative estimate of drug-likeness (QED) is 0.220. The molecule has 1 N–H and O–H groups in total. The Balaban J connectivity index is 1.30. The number of ether oxygens (including phenoxy) is 1. The van der Waals surface area contributed by atoms with Crippen molar-refractivity contribution in [1.29, 1.82) is 0 Å². The second-order valence-electron chi connectivity index (χ2n) is 11.4. The number of nitrogens with zero attached hydrogens (tertiary/aromatic N) is 1. The van der Waals surface area contributed by atoms with Gasteiger partial charge >= 0.3 is 0 Å². The van der Waals surface area contributed by atoms with Gasteiger partial charge in [-0.15, -0.1) is 0 Å². The molecule has 8 aromatic rings. The molecule has 1 atom stereocenters. The van der Waals surface area contributed by atoms with Crippen molar-refractivity contribution < 1.29 is 9.15 Å². The summed E-state index contributed by atoms with van der Waals surface area (Å²) < 4.78 is 13.3. The lowest BCUT2D eigenvalue weighted by molar-refractivity contribution is 0.263. The molecule has 0 spiro atoms. The Bertz CT molecular complexity index is 2330. The van der Waals surface area contributed by atoms with Crippen LogP contribution in [-0.4, -0.2) is 0 Å². The third kappa shape index (κ3) is 4.22. The summed E-state index contributed by atoms with van der Waals surface area (Å²) >= 11 is 0. The molecule has 1 aromatic heterocycles. The monoisotopic (exact) mass is 580 g/mol. The van der Waals surface area contributed by atoms with Gasteiger partial charge in [-0.05, 0) is 53.6 Å². The van der Waals surface area contributed by atoms with Gasteiger partial charge in [0, 0.05) is 33.1 Å². The highest BCUT2D eigenvalue weighted by molar-refractivity contribution is 6.21. The predicted molar refractivity (Wildman–Crippen MR) is 185 cm³/mol. The van der Waals surface area contributed by atoms with E-state index in [9.17, 15) is 0 Å².